The summed E-state index contributed by atoms with van der Waals surface area (Å²) in [7, 11) is 0. The zero-order chi connectivity index (χ0) is 12.4. The lowest BCUT2D eigenvalue weighted by atomic mass is 10.00. The van der Waals surface area contributed by atoms with E-state index in [9.17, 15) is 0 Å². The summed E-state index contributed by atoms with van der Waals surface area (Å²) < 4.78 is 1.02. The topological polar surface area (TPSA) is 26.0 Å². The zero-order valence-electron chi connectivity index (χ0n) is 8.83. The molecule has 0 saturated heterocycles. The van der Waals surface area contributed by atoms with Crippen molar-refractivity contribution < 1.29 is 0 Å². The van der Waals surface area contributed by atoms with E-state index in [2.05, 4.69) is 22.6 Å². The van der Waals surface area contributed by atoms with Gasteiger partial charge in [-0.1, -0.05) is 41.4 Å². The number of benzene rings is 2. The Bertz CT molecular complexity index is 543. The van der Waals surface area contributed by atoms with Gasteiger partial charge in [-0.3, -0.25) is 0 Å². The summed E-state index contributed by atoms with van der Waals surface area (Å²) >= 11 is 14.2. The molecule has 0 aliphatic carbocycles. The molecule has 0 saturated carbocycles. The third-order valence-electron chi connectivity index (χ3n) is 2.51. The van der Waals surface area contributed by atoms with Crippen LogP contribution in [-0.4, -0.2) is 0 Å². The van der Waals surface area contributed by atoms with Crippen molar-refractivity contribution in [1.82, 2.24) is 0 Å². The van der Waals surface area contributed by atoms with Crippen LogP contribution in [0.15, 0.2) is 42.5 Å². The van der Waals surface area contributed by atoms with Gasteiger partial charge in [-0.2, -0.15) is 0 Å². The highest BCUT2D eigenvalue weighted by Crippen LogP contribution is 2.26. The molecule has 17 heavy (non-hydrogen) atoms. The van der Waals surface area contributed by atoms with Gasteiger partial charge in [0.25, 0.3) is 0 Å². The van der Waals surface area contributed by atoms with E-state index in [0.717, 1.165) is 19.7 Å². The Hall–Kier alpha value is -0.290. The van der Waals surface area contributed by atoms with E-state index in [-0.39, 0.29) is 6.04 Å². The average molecular weight is 378 g/mol. The Kier molecular flexibility index (Phi) is 4.31. The summed E-state index contributed by atoms with van der Waals surface area (Å²) in [5.74, 6) is 0. The Labute approximate surface area is 124 Å². The second kappa shape index (κ2) is 5.57. The number of halogens is 3. The molecule has 0 aromatic heterocycles. The van der Waals surface area contributed by atoms with Crippen LogP contribution >= 0.6 is 45.8 Å². The highest BCUT2D eigenvalue weighted by atomic mass is 127. The lowest BCUT2D eigenvalue weighted by Crippen LogP contribution is -2.11. The third kappa shape index (κ3) is 3.13. The van der Waals surface area contributed by atoms with Crippen molar-refractivity contribution in [2.45, 2.75) is 6.04 Å². The maximum Gasteiger partial charge on any atom is 0.0552 e. The van der Waals surface area contributed by atoms with Gasteiger partial charge in [0.1, 0.15) is 0 Å². The van der Waals surface area contributed by atoms with Gasteiger partial charge in [0.2, 0.25) is 0 Å². The van der Waals surface area contributed by atoms with Crippen LogP contribution < -0.4 is 5.73 Å². The van der Waals surface area contributed by atoms with Gasteiger partial charge in [0, 0.05) is 8.59 Å². The average Bonchev–Trinajstić information content (AvgIpc) is 2.32. The largest absolute Gasteiger partial charge is 0.320 e. The number of rotatable bonds is 2. The Balaban J connectivity index is 2.36. The van der Waals surface area contributed by atoms with E-state index in [0.29, 0.717) is 5.02 Å². The van der Waals surface area contributed by atoms with Gasteiger partial charge in [0.15, 0.2) is 0 Å². The van der Waals surface area contributed by atoms with Gasteiger partial charge >= 0.3 is 0 Å². The van der Waals surface area contributed by atoms with Crippen LogP contribution in [0.4, 0.5) is 0 Å². The fourth-order valence-electron chi connectivity index (χ4n) is 1.60. The molecule has 2 N–H and O–H groups in total. The van der Waals surface area contributed by atoms with Crippen molar-refractivity contribution in [1.29, 1.82) is 0 Å². The van der Waals surface area contributed by atoms with Crippen LogP contribution in [-0.2, 0) is 0 Å². The van der Waals surface area contributed by atoms with Crippen LogP contribution in [0, 0.1) is 3.57 Å². The molecule has 88 valence electrons. The molecule has 0 aliphatic heterocycles. The molecule has 1 unspecified atom stereocenters. The van der Waals surface area contributed by atoms with Crippen molar-refractivity contribution in [3.63, 3.8) is 0 Å². The Morgan fingerprint density at radius 3 is 2.35 bits per heavy atom. The normalized spacial score (nSPS) is 12.5. The van der Waals surface area contributed by atoms with Gasteiger partial charge in [-0.05, 0) is 58.0 Å². The van der Waals surface area contributed by atoms with Crippen LogP contribution in [0.5, 0.6) is 0 Å². The van der Waals surface area contributed by atoms with Gasteiger partial charge < -0.3 is 5.73 Å². The van der Waals surface area contributed by atoms with E-state index < -0.39 is 0 Å². The Morgan fingerprint density at radius 1 is 1.00 bits per heavy atom. The molecule has 0 spiro atoms. The molecule has 0 aliphatic rings. The number of hydrogen-bond donors (Lipinski definition) is 1. The fourth-order valence-corrected chi connectivity index (χ4v) is 2.32. The highest BCUT2D eigenvalue weighted by Gasteiger charge is 2.10. The highest BCUT2D eigenvalue weighted by molar-refractivity contribution is 14.1. The van der Waals surface area contributed by atoms with E-state index >= 15 is 0 Å². The second-order valence-electron chi connectivity index (χ2n) is 3.71. The first-order valence-electron chi connectivity index (χ1n) is 5.04. The molecule has 2 aromatic rings. The molecule has 0 fully saturated rings. The molecule has 2 rings (SSSR count). The standard InChI is InChI=1S/C13H10Cl2IN/c14-10-3-1-2-8(6-10)13(17)9-4-5-12(16)11(15)7-9/h1-7,13H,17H2. The molecule has 2 aromatic carbocycles. The molecule has 4 heteroatoms. The summed E-state index contributed by atoms with van der Waals surface area (Å²) in [6, 6.07) is 13.2. The van der Waals surface area contributed by atoms with E-state index in [1.807, 2.05) is 42.5 Å². The minimum Gasteiger partial charge on any atom is -0.320 e. The molecular weight excluding hydrogens is 368 g/mol. The molecule has 0 bridgehead atoms. The number of nitrogens with two attached hydrogens (primary N) is 1. The minimum atomic E-state index is -0.205. The van der Waals surface area contributed by atoms with Crippen molar-refractivity contribution in [2.24, 2.45) is 5.73 Å². The lowest BCUT2D eigenvalue weighted by molar-refractivity contribution is 0.871. The first-order valence-corrected chi connectivity index (χ1v) is 6.87. The molecule has 1 nitrogen and oxygen atoms in total. The molecule has 0 amide bonds. The second-order valence-corrected chi connectivity index (χ2v) is 5.71. The molecule has 0 heterocycles. The summed E-state index contributed by atoms with van der Waals surface area (Å²) in [4.78, 5) is 0. The van der Waals surface area contributed by atoms with Crippen molar-refractivity contribution in [3.05, 3.63) is 67.2 Å². The SMILES string of the molecule is NC(c1cccc(Cl)c1)c1ccc(I)c(Cl)c1. The Morgan fingerprint density at radius 2 is 1.71 bits per heavy atom. The molecule has 1 atom stereocenters. The first kappa shape index (κ1) is 13.1. The van der Waals surface area contributed by atoms with Gasteiger partial charge in [-0.15, -0.1) is 0 Å². The molecule has 0 radical (unpaired) electrons. The summed E-state index contributed by atoms with van der Waals surface area (Å²) in [5.41, 5.74) is 8.15. The smallest absolute Gasteiger partial charge is 0.0552 e. The predicted molar refractivity (Wildman–Crippen MR) is 81.7 cm³/mol. The van der Waals surface area contributed by atoms with Gasteiger partial charge in [-0.25, -0.2) is 0 Å². The van der Waals surface area contributed by atoms with Crippen LogP contribution in [0.2, 0.25) is 10.0 Å². The maximum atomic E-state index is 6.18. The maximum absolute atomic E-state index is 6.18. The first-order chi connectivity index (χ1) is 8.08. The molecular formula is C13H10Cl2IN. The predicted octanol–water partition coefficient (Wildman–Crippen LogP) is 4.65. The van der Waals surface area contributed by atoms with Crippen molar-refractivity contribution in [2.75, 3.05) is 0 Å². The van der Waals surface area contributed by atoms with Crippen LogP contribution in [0.25, 0.3) is 0 Å². The third-order valence-corrected chi connectivity index (χ3v) is 4.32. The minimum absolute atomic E-state index is 0.205. The summed E-state index contributed by atoms with van der Waals surface area (Å²) in [6.45, 7) is 0. The van der Waals surface area contributed by atoms with E-state index in [4.69, 9.17) is 28.9 Å². The van der Waals surface area contributed by atoms with Crippen LogP contribution in [0.3, 0.4) is 0 Å². The summed E-state index contributed by atoms with van der Waals surface area (Å²) in [6.07, 6.45) is 0. The fraction of sp³-hybridized carbons (Fsp3) is 0.0769. The van der Waals surface area contributed by atoms with E-state index in [1.165, 1.54) is 0 Å². The van der Waals surface area contributed by atoms with Crippen molar-refractivity contribution in [3.8, 4) is 0 Å². The lowest BCUT2D eigenvalue weighted by Gasteiger charge is -2.13. The quantitative estimate of drug-likeness (QED) is 0.757. The van der Waals surface area contributed by atoms with Crippen LogP contribution in [0.1, 0.15) is 17.2 Å². The zero-order valence-corrected chi connectivity index (χ0v) is 12.5. The van der Waals surface area contributed by atoms with Crippen molar-refractivity contribution >= 4 is 45.8 Å². The summed E-state index contributed by atoms with van der Waals surface area (Å²) in [5, 5.41) is 1.41. The van der Waals surface area contributed by atoms with Gasteiger partial charge in [0.05, 0.1) is 11.1 Å². The number of hydrogen-bond acceptors (Lipinski definition) is 1. The monoisotopic (exact) mass is 377 g/mol. The van der Waals surface area contributed by atoms with E-state index in [1.54, 1.807) is 0 Å².